The van der Waals surface area contributed by atoms with Gasteiger partial charge >= 0.3 is 0 Å². The minimum Gasteiger partial charge on any atom is -0.317 e. The molecule has 4 rings (SSSR count). The van der Waals surface area contributed by atoms with Crippen LogP contribution in [0.15, 0.2) is 60.7 Å². The van der Waals surface area contributed by atoms with Gasteiger partial charge in [0.15, 0.2) is 0 Å². The van der Waals surface area contributed by atoms with Crippen LogP contribution in [0.2, 0.25) is 0 Å². The van der Waals surface area contributed by atoms with Crippen molar-refractivity contribution in [1.82, 2.24) is 0 Å². The van der Waals surface area contributed by atoms with Crippen molar-refractivity contribution in [2.24, 2.45) is 0 Å². The number of hydrogen-bond donors (Lipinski definition) is 0. The summed E-state index contributed by atoms with van der Waals surface area (Å²) in [6.07, 6.45) is 14.0. The monoisotopic (exact) mass is 361 g/mol. The van der Waals surface area contributed by atoms with Crippen molar-refractivity contribution in [3.63, 3.8) is 0 Å². The first-order valence-corrected chi connectivity index (χ1v) is 7.79. The van der Waals surface area contributed by atoms with E-state index in [0.717, 1.165) is 6.42 Å². The van der Waals surface area contributed by atoms with Crippen LogP contribution in [-0.2, 0) is 26.2 Å². The maximum absolute atomic E-state index is 2.47. The first-order chi connectivity index (χ1) is 10.4. The van der Waals surface area contributed by atoms with Gasteiger partial charge in [0.1, 0.15) is 0 Å². The van der Waals surface area contributed by atoms with Crippen molar-refractivity contribution in [3.8, 4) is 0 Å². The maximum atomic E-state index is 2.47. The molecule has 2 unspecified atom stereocenters. The topological polar surface area (TPSA) is 0 Å². The van der Waals surface area contributed by atoms with Crippen LogP contribution in [0.1, 0.15) is 46.9 Å². The van der Waals surface area contributed by atoms with E-state index in [1.807, 2.05) is 0 Å². The van der Waals surface area contributed by atoms with Gasteiger partial charge in [0.25, 0.3) is 0 Å². The van der Waals surface area contributed by atoms with Gasteiger partial charge in [-0.1, -0.05) is 78.7 Å². The first-order valence-electron chi connectivity index (χ1n) is 7.79. The van der Waals surface area contributed by atoms with E-state index in [1.165, 1.54) is 28.7 Å². The normalized spacial score (nSPS) is 20.5. The molecule has 0 radical (unpaired) electrons. The van der Waals surface area contributed by atoms with Crippen molar-refractivity contribution in [1.29, 1.82) is 0 Å². The third-order valence-electron chi connectivity index (χ3n) is 4.64. The van der Waals surface area contributed by atoms with E-state index in [1.54, 1.807) is 0 Å². The van der Waals surface area contributed by atoms with E-state index in [2.05, 4.69) is 79.3 Å². The van der Waals surface area contributed by atoms with Gasteiger partial charge in [0, 0.05) is 32.1 Å². The molecule has 0 aliphatic heterocycles. The molecule has 2 atom stereocenters. The Morgan fingerprint density at radius 1 is 0.773 bits per heavy atom. The summed E-state index contributed by atoms with van der Waals surface area (Å²) in [5.41, 5.74) is 5.73. The molecule has 22 heavy (non-hydrogen) atoms. The fraction of sp³-hybridized carbons (Fsp3) is 0.190. The molecule has 0 saturated heterocycles. The summed E-state index contributed by atoms with van der Waals surface area (Å²) in [5, 5.41) is 0. The molecule has 0 N–H and O–H groups in total. The maximum Gasteiger partial charge on any atom is 0.000298 e. The molecule has 0 fully saturated rings. The van der Waals surface area contributed by atoms with Crippen molar-refractivity contribution >= 4 is 12.2 Å². The molecular formula is C21H19Zr-. The molecule has 0 saturated carbocycles. The second kappa shape index (κ2) is 6.92. The van der Waals surface area contributed by atoms with Crippen LogP contribution in [0, 0.1) is 6.42 Å². The molecule has 0 aromatic heterocycles. The third-order valence-corrected chi connectivity index (χ3v) is 4.64. The Morgan fingerprint density at radius 2 is 1.41 bits per heavy atom. The Balaban J connectivity index is 0.00000144. The van der Waals surface area contributed by atoms with Crippen LogP contribution in [0.4, 0.5) is 0 Å². The van der Waals surface area contributed by atoms with Gasteiger partial charge in [-0.2, -0.15) is 6.42 Å². The summed E-state index contributed by atoms with van der Waals surface area (Å²) in [7, 11) is 0. The zero-order valence-corrected chi connectivity index (χ0v) is 15.0. The molecule has 0 nitrogen and oxygen atoms in total. The molecule has 2 aliphatic carbocycles. The number of fused-ring (bicyclic) bond motifs is 2. The number of hydrogen-bond acceptors (Lipinski definition) is 0. The smallest absolute Gasteiger partial charge is 0.000298 e. The quantitative estimate of drug-likeness (QED) is 0.622. The molecule has 0 bridgehead atoms. The Bertz CT molecular complexity index is 650. The largest absolute Gasteiger partial charge is 0.317 e. The predicted octanol–water partition coefficient (Wildman–Crippen LogP) is 5.59. The molecule has 1 heteroatoms. The van der Waals surface area contributed by atoms with Gasteiger partial charge in [0.05, 0.1) is 0 Å². The standard InChI is InChI=1S/C21H19.Zr/c1-3-10-20-16(6-1)12-14-18(20)8-5-9-19-15-13-17-7-2-4-11-21(17)19;/h1-4,6-8,10-15,18-19H,5,9H2;/q-1;. The summed E-state index contributed by atoms with van der Waals surface area (Å²) in [6, 6.07) is 17.5. The Kier molecular flexibility index (Phi) is 4.94. The van der Waals surface area contributed by atoms with Crippen molar-refractivity contribution in [3.05, 3.63) is 89.4 Å². The van der Waals surface area contributed by atoms with Crippen molar-refractivity contribution in [2.45, 2.75) is 24.7 Å². The molecule has 2 aromatic rings. The summed E-state index contributed by atoms with van der Waals surface area (Å²) >= 11 is 0. The average molecular weight is 363 g/mol. The van der Waals surface area contributed by atoms with Gasteiger partial charge in [0.2, 0.25) is 0 Å². The Hall–Kier alpha value is -1.20. The van der Waals surface area contributed by atoms with Gasteiger partial charge < -0.3 is 6.42 Å². The van der Waals surface area contributed by atoms with Crippen LogP contribution in [-0.4, -0.2) is 0 Å². The van der Waals surface area contributed by atoms with E-state index in [9.17, 15) is 0 Å². The van der Waals surface area contributed by atoms with Gasteiger partial charge in [-0.3, -0.25) is 0 Å². The molecular weight excluding hydrogens is 343 g/mol. The number of allylic oxidation sites excluding steroid dienone is 2. The van der Waals surface area contributed by atoms with Crippen LogP contribution < -0.4 is 0 Å². The fourth-order valence-corrected chi connectivity index (χ4v) is 3.51. The van der Waals surface area contributed by atoms with Gasteiger partial charge in [-0.05, 0) is 16.7 Å². The van der Waals surface area contributed by atoms with E-state index >= 15 is 0 Å². The summed E-state index contributed by atoms with van der Waals surface area (Å²) in [6.45, 7) is 0. The summed E-state index contributed by atoms with van der Waals surface area (Å²) < 4.78 is 0. The van der Waals surface area contributed by atoms with Gasteiger partial charge in [-0.25, -0.2) is 0 Å². The number of rotatable bonds is 4. The summed E-state index contributed by atoms with van der Waals surface area (Å²) in [4.78, 5) is 0. The minimum atomic E-state index is 0. The summed E-state index contributed by atoms with van der Waals surface area (Å²) in [5.74, 6) is 1.10. The van der Waals surface area contributed by atoms with E-state index < -0.39 is 0 Å². The van der Waals surface area contributed by atoms with Crippen molar-refractivity contribution in [2.75, 3.05) is 0 Å². The fourth-order valence-electron chi connectivity index (χ4n) is 3.51. The predicted molar refractivity (Wildman–Crippen MR) is 90.0 cm³/mol. The van der Waals surface area contributed by atoms with Crippen LogP contribution in [0.25, 0.3) is 12.2 Å². The molecule has 2 aromatic carbocycles. The second-order valence-electron chi connectivity index (χ2n) is 5.92. The average Bonchev–Trinajstić information content (AvgIpc) is 3.13. The van der Waals surface area contributed by atoms with Crippen LogP contribution in [0.5, 0.6) is 0 Å². The SMILES string of the molecule is C1=CC([CH-]CCC2C=Cc3ccccc32)c2ccccc21.[Zr]. The zero-order chi connectivity index (χ0) is 14.1. The van der Waals surface area contributed by atoms with Gasteiger partial charge in [-0.15, -0.1) is 12.0 Å². The molecule has 108 valence electrons. The van der Waals surface area contributed by atoms with E-state index in [0.29, 0.717) is 11.8 Å². The zero-order valence-electron chi connectivity index (χ0n) is 12.6. The van der Waals surface area contributed by atoms with Crippen LogP contribution >= 0.6 is 0 Å². The van der Waals surface area contributed by atoms with E-state index in [4.69, 9.17) is 0 Å². The Morgan fingerprint density at radius 3 is 2.23 bits per heavy atom. The minimum absolute atomic E-state index is 0. The molecule has 0 heterocycles. The molecule has 2 aliphatic rings. The second-order valence-corrected chi connectivity index (χ2v) is 5.92. The Labute approximate surface area is 152 Å². The first kappa shape index (κ1) is 15.7. The van der Waals surface area contributed by atoms with Crippen molar-refractivity contribution < 1.29 is 26.2 Å². The van der Waals surface area contributed by atoms with E-state index in [-0.39, 0.29) is 26.2 Å². The molecule has 0 amide bonds. The molecule has 0 spiro atoms. The van der Waals surface area contributed by atoms with Crippen LogP contribution in [0.3, 0.4) is 0 Å². The number of benzene rings is 2. The third kappa shape index (κ3) is 2.97.